The van der Waals surface area contributed by atoms with Crippen molar-refractivity contribution in [3.63, 3.8) is 0 Å². The predicted molar refractivity (Wildman–Crippen MR) is 70.3 cm³/mol. The summed E-state index contributed by atoms with van der Waals surface area (Å²) in [5.74, 6) is 2.29. The molecule has 0 fully saturated rings. The average Bonchev–Trinajstić information content (AvgIpc) is 2.95. The number of hydrogen-bond donors (Lipinski definition) is 1. The molecule has 0 saturated heterocycles. The Labute approximate surface area is 111 Å². The molecule has 0 aliphatic rings. The lowest BCUT2D eigenvalue weighted by Gasteiger charge is -2.07. The van der Waals surface area contributed by atoms with Crippen LogP contribution in [0.1, 0.15) is 18.9 Å². The third-order valence-electron chi connectivity index (χ3n) is 2.87. The minimum atomic E-state index is 0.0152. The van der Waals surface area contributed by atoms with E-state index < -0.39 is 0 Å². The molecule has 6 heteroatoms. The Morgan fingerprint density at radius 2 is 1.89 bits per heavy atom. The van der Waals surface area contributed by atoms with Gasteiger partial charge in [-0.15, -0.1) is 10.2 Å². The molecule has 102 valence electrons. The van der Waals surface area contributed by atoms with E-state index in [4.69, 9.17) is 13.9 Å². The summed E-state index contributed by atoms with van der Waals surface area (Å²) in [4.78, 5) is 0. The quantitative estimate of drug-likeness (QED) is 0.890. The second-order valence-electron chi connectivity index (χ2n) is 4.03. The lowest BCUT2D eigenvalue weighted by atomic mass is 10.2. The van der Waals surface area contributed by atoms with Crippen molar-refractivity contribution in [3.05, 3.63) is 24.1 Å². The van der Waals surface area contributed by atoms with Crippen molar-refractivity contribution in [1.82, 2.24) is 15.5 Å². The van der Waals surface area contributed by atoms with Crippen molar-refractivity contribution in [1.29, 1.82) is 0 Å². The number of aromatic nitrogens is 2. The van der Waals surface area contributed by atoms with Gasteiger partial charge in [-0.3, -0.25) is 0 Å². The van der Waals surface area contributed by atoms with E-state index in [2.05, 4.69) is 15.5 Å². The molecule has 0 saturated carbocycles. The van der Waals surface area contributed by atoms with Gasteiger partial charge in [-0.05, 0) is 32.2 Å². The van der Waals surface area contributed by atoms with Crippen LogP contribution in [0.4, 0.5) is 0 Å². The molecule has 1 aromatic carbocycles. The highest BCUT2D eigenvalue weighted by molar-refractivity contribution is 5.59. The van der Waals surface area contributed by atoms with Gasteiger partial charge in [0.15, 0.2) is 11.5 Å². The number of hydrogen-bond acceptors (Lipinski definition) is 6. The van der Waals surface area contributed by atoms with Gasteiger partial charge in [-0.2, -0.15) is 0 Å². The smallest absolute Gasteiger partial charge is 0.247 e. The maximum Gasteiger partial charge on any atom is 0.247 e. The summed E-state index contributed by atoms with van der Waals surface area (Å²) in [7, 11) is 5.02. The Balaban J connectivity index is 2.34. The van der Waals surface area contributed by atoms with E-state index in [1.54, 1.807) is 26.4 Å². The number of nitrogens with zero attached hydrogens (tertiary/aromatic N) is 2. The molecule has 0 radical (unpaired) electrons. The van der Waals surface area contributed by atoms with Crippen molar-refractivity contribution in [3.8, 4) is 23.0 Å². The number of ether oxygens (including phenoxy) is 2. The summed E-state index contributed by atoms with van der Waals surface area (Å²) in [5.41, 5.74) is 0.791. The first kappa shape index (κ1) is 13.4. The van der Waals surface area contributed by atoms with Gasteiger partial charge in [-0.1, -0.05) is 0 Å². The summed E-state index contributed by atoms with van der Waals surface area (Å²) in [6.45, 7) is 1.95. The Morgan fingerprint density at radius 1 is 1.16 bits per heavy atom. The Morgan fingerprint density at radius 3 is 2.53 bits per heavy atom. The van der Waals surface area contributed by atoms with Crippen molar-refractivity contribution in [2.24, 2.45) is 0 Å². The lowest BCUT2D eigenvalue weighted by Crippen LogP contribution is -2.12. The van der Waals surface area contributed by atoms with Gasteiger partial charge in [-0.25, -0.2) is 0 Å². The van der Waals surface area contributed by atoms with Crippen LogP contribution < -0.4 is 14.8 Å². The molecule has 1 aromatic heterocycles. The van der Waals surface area contributed by atoms with Crippen molar-refractivity contribution < 1.29 is 13.9 Å². The molecule has 0 aliphatic carbocycles. The fraction of sp³-hybridized carbons (Fsp3) is 0.385. The van der Waals surface area contributed by atoms with Crippen LogP contribution >= 0.6 is 0 Å². The van der Waals surface area contributed by atoms with Crippen LogP contribution in [0.3, 0.4) is 0 Å². The molecule has 2 rings (SSSR count). The summed E-state index contributed by atoms with van der Waals surface area (Å²) in [6, 6.07) is 5.48. The van der Waals surface area contributed by atoms with Crippen molar-refractivity contribution in [2.75, 3.05) is 21.3 Å². The van der Waals surface area contributed by atoms with E-state index in [1.165, 1.54) is 0 Å². The first-order chi connectivity index (χ1) is 9.19. The van der Waals surface area contributed by atoms with Gasteiger partial charge in [0.05, 0.1) is 20.3 Å². The number of nitrogens with one attached hydrogen (secondary N) is 1. The van der Waals surface area contributed by atoms with Crippen LogP contribution in [0.15, 0.2) is 22.6 Å². The first-order valence-electron chi connectivity index (χ1n) is 5.92. The van der Waals surface area contributed by atoms with E-state index in [-0.39, 0.29) is 6.04 Å². The molecule has 1 N–H and O–H groups in total. The van der Waals surface area contributed by atoms with E-state index in [1.807, 2.05) is 20.0 Å². The normalized spacial score (nSPS) is 12.2. The van der Waals surface area contributed by atoms with Crippen LogP contribution in [0.5, 0.6) is 11.5 Å². The second-order valence-corrected chi connectivity index (χ2v) is 4.03. The topological polar surface area (TPSA) is 69.4 Å². The molecule has 0 aliphatic heterocycles. The Bertz CT molecular complexity index is 554. The minimum Gasteiger partial charge on any atom is -0.493 e. The zero-order valence-electron chi connectivity index (χ0n) is 11.4. The van der Waals surface area contributed by atoms with E-state index in [9.17, 15) is 0 Å². The molecular weight excluding hydrogens is 246 g/mol. The maximum atomic E-state index is 5.61. The van der Waals surface area contributed by atoms with E-state index in [0.29, 0.717) is 23.3 Å². The highest BCUT2D eigenvalue weighted by Crippen LogP contribution is 2.32. The Hall–Kier alpha value is -2.08. The van der Waals surface area contributed by atoms with Crippen molar-refractivity contribution >= 4 is 0 Å². The van der Waals surface area contributed by atoms with Gasteiger partial charge < -0.3 is 19.2 Å². The first-order valence-corrected chi connectivity index (χ1v) is 5.92. The van der Waals surface area contributed by atoms with Crippen LogP contribution in [-0.2, 0) is 0 Å². The van der Waals surface area contributed by atoms with Crippen molar-refractivity contribution in [2.45, 2.75) is 13.0 Å². The van der Waals surface area contributed by atoms with Gasteiger partial charge >= 0.3 is 0 Å². The largest absolute Gasteiger partial charge is 0.493 e. The lowest BCUT2D eigenvalue weighted by molar-refractivity contribution is 0.355. The van der Waals surface area contributed by atoms with Crippen LogP contribution in [0.2, 0.25) is 0 Å². The monoisotopic (exact) mass is 263 g/mol. The third kappa shape index (κ3) is 2.68. The van der Waals surface area contributed by atoms with Gasteiger partial charge in [0, 0.05) is 5.56 Å². The third-order valence-corrected chi connectivity index (χ3v) is 2.87. The molecule has 0 spiro atoms. The Kier molecular flexibility index (Phi) is 4.01. The summed E-state index contributed by atoms with van der Waals surface area (Å²) >= 11 is 0. The van der Waals surface area contributed by atoms with Gasteiger partial charge in [0.1, 0.15) is 0 Å². The maximum absolute atomic E-state index is 5.61. The zero-order chi connectivity index (χ0) is 13.8. The summed E-state index contributed by atoms with van der Waals surface area (Å²) in [5, 5.41) is 11.1. The molecule has 19 heavy (non-hydrogen) atoms. The fourth-order valence-corrected chi connectivity index (χ4v) is 1.62. The molecule has 1 unspecified atom stereocenters. The number of benzene rings is 1. The predicted octanol–water partition coefficient (Wildman–Crippen LogP) is 2.03. The standard InChI is InChI=1S/C13H17N3O3/c1-8(14-2)12-15-16-13(19-12)9-5-6-10(17-3)11(7-9)18-4/h5-8,14H,1-4H3. The van der Waals surface area contributed by atoms with Crippen LogP contribution in [0, 0.1) is 0 Å². The average molecular weight is 263 g/mol. The highest BCUT2D eigenvalue weighted by atomic mass is 16.5. The van der Waals surface area contributed by atoms with Gasteiger partial charge in [0.2, 0.25) is 11.8 Å². The SMILES string of the molecule is CNC(C)c1nnc(-c2ccc(OC)c(OC)c2)o1. The number of methoxy groups -OCH3 is 2. The molecule has 0 bridgehead atoms. The van der Waals surface area contributed by atoms with E-state index in [0.717, 1.165) is 5.56 Å². The number of rotatable bonds is 5. The summed E-state index contributed by atoms with van der Waals surface area (Å²) < 4.78 is 16.0. The minimum absolute atomic E-state index is 0.0152. The van der Waals surface area contributed by atoms with Crippen LogP contribution in [-0.4, -0.2) is 31.5 Å². The molecule has 0 amide bonds. The summed E-state index contributed by atoms with van der Waals surface area (Å²) in [6.07, 6.45) is 0. The second kappa shape index (κ2) is 5.71. The highest BCUT2D eigenvalue weighted by Gasteiger charge is 2.15. The zero-order valence-corrected chi connectivity index (χ0v) is 11.4. The van der Waals surface area contributed by atoms with Gasteiger partial charge in [0.25, 0.3) is 0 Å². The molecule has 2 aromatic rings. The molecular formula is C13H17N3O3. The molecule has 1 atom stereocenters. The van der Waals surface area contributed by atoms with Crippen LogP contribution in [0.25, 0.3) is 11.5 Å². The fourth-order valence-electron chi connectivity index (χ4n) is 1.62. The van der Waals surface area contributed by atoms with E-state index >= 15 is 0 Å². The molecule has 1 heterocycles. The molecule has 6 nitrogen and oxygen atoms in total.